The molecule has 0 atom stereocenters. The predicted octanol–water partition coefficient (Wildman–Crippen LogP) is 4.81. The van der Waals surface area contributed by atoms with Crippen LogP contribution in [0.2, 0.25) is 0 Å². The van der Waals surface area contributed by atoms with Crippen LogP contribution in [-0.4, -0.2) is 37.4 Å². The van der Waals surface area contributed by atoms with Gasteiger partial charge in [-0.1, -0.05) is 24.3 Å². The fourth-order valence-corrected chi connectivity index (χ4v) is 4.52. The molecule has 1 heterocycles. The standard InChI is InChI=1S/C24H31NO3/c1-26-22-7-3-19(4-8-22)17-25(18-20-5-9-23(27-2)10-6-20)21-11-13-24(14-12-21)15-16-28-24/h3-10,21H,11-18H2,1-2H3. The fourth-order valence-electron chi connectivity index (χ4n) is 4.52. The van der Waals surface area contributed by atoms with E-state index in [4.69, 9.17) is 14.2 Å². The van der Waals surface area contributed by atoms with Gasteiger partial charge in [0.05, 0.1) is 26.4 Å². The second kappa shape index (κ2) is 8.54. The summed E-state index contributed by atoms with van der Waals surface area (Å²) in [5.41, 5.74) is 2.87. The zero-order valence-corrected chi connectivity index (χ0v) is 17.0. The Kier molecular flexibility index (Phi) is 5.88. The minimum absolute atomic E-state index is 0.211. The maximum Gasteiger partial charge on any atom is 0.118 e. The van der Waals surface area contributed by atoms with Gasteiger partial charge in [0.15, 0.2) is 0 Å². The van der Waals surface area contributed by atoms with Gasteiger partial charge in [-0.15, -0.1) is 0 Å². The first-order chi connectivity index (χ1) is 13.7. The van der Waals surface area contributed by atoms with Crippen molar-refractivity contribution >= 4 is 0 Å². The van der Waals surface area contributed by atoms with Crippen molar-refractivity contribution in [2.45, 2.75) is 56.8 Å². The lowest BCUT2D eigenvalue weighted by Gasteiger charge is -2.48. The van der Waals surface area contributed by atoms with E-state index in [1.807, 2.05) is 0 Å². The molecule has 28 heavy (non-hydrogen) atoms. The van der Waals surface area contributed by atoms with E-state index < -0.39 is 0 Å². The fraction of sp³-hybridized carbons (Fsp3) is 0.500. The van der Waals surface area contributed by atoms with Crippen LogP contribution in [0.15, 0.2) is 48.5 Å². The molecule has 0 N–H and O–H groups in total. The van der Waals surface area contributed by atoms with Crippen LogP contribution >= 0.6 is 0 Å². The first-order valence-corrected chi connectivity index (χ1v) is 10.3. The average Bonchev–Trinajstić information content (AvgIpc) is 2.73. The highest BCUT2D eigenvalue weighted by Gasteiger charge is 2.42. The van der Waals surface area contributed by atoms with Gasteiger partial charge in [0.25, 0.3) is 0 Å². The first kappa shape index (κ1) is 19.3. The van der Waals surface area contributed by atoms with Gasteiger partial charge in [0.1, 0.15) is 11.5 Å². The summed E-state index contributed by atoms with van der Waals surface area (Å²) in [6.07, 6.45) is 6.06. The highest BCUT2D eigenvalue weighted by molar-refractivity contribution is 5.29. The third-order valence-electron chi connectivity index (χ3n) is 6.44. The topological polar surface area (TPSA) is 30.9 Å². The maximum atomic E-state index is 5.93. The van der Waals surface area contributed by atoms with E-state index in [1.165, 1.54) is 43.2 Å². The predicted molar refractivity (Wildman–Crippen MR) is 111 cm³/mol. The summed E-state index contributed by atoms with van der Waals surface area (Å²) in [6.45, 7) is 2.86. The average molecular weight is 382 g/mol. The Morgan fingerprint density at radius 3 is 1.64 bits per heavy atom. The van der Waals surface area contributed by atoms with Crippen molar-refractivity contribution in [1.29, 1.82) is 0 Å². The van der Waals surface area contributed by atoms with Gasteiger partial charge in [-0.25, -0.2) is 0 Å². The first-order valence-electron chi connectivity index (χ1n) is 10.3. The molecule has 2 aromatic rings. The number of benzene rings is 2. The van der Waals surface area contributed by atoms with Crippen molar-refractivity contribution in [2.75, 3.05) is 20.8 Å². The summed E-state index contributed by atoms with van der Waals surface area (Å²) in [6, 6.07) is 17.5. The SMILES string of the molecule is COc1ccc(CN(Cc2ccc(OC)cc2)C2CCC3(CCO3)CC2)cc1. The molecular weight excluding hydrogens is 350 g/mol. The summed E-state index contributed by atoms with van der Waals surface area (Å²) < 4.78 is 16.5. The van der Waals surface area contributed by atoms with Crippen molar-refractivity contribution in [3.8, 4) is 11.5 Å². The van der Waals surface area contributed by atoms with Gasteiger partial charge >= 0.3 is 0 Å². The summed E-state index contributed by atoms with van der Waals surface area (Å²) in [4.78, 5) is 2.63. The number of methoxy groups -OCH3 is 2. The number of hydrogen-bond acceptors (Lipinski definition) is 4. The van der Waals surface area contributed by atoms with Crippen LogP contribution in [0.3, 0.4) is 0 Å². The Labute approximate surface area is 168 Å². The Morgan fingerprint density at radius 2 is 1.29 bits per heavy atom. The van der Waals surface area contributed by atoms with Crippen molar-refractivity contribution in [2.24, 2.45) is 0 Å². The second-order valence-corrected chi connectivity index (χ2v) is 8.11. The highest BCUT2D eigenvalue weighted by Crippen LogP contribution is 2.42. The summed E-state index contributed by atoms with van der Waals surface area (Å²) in [5, 5.41) is 0. The van der Waals surface area contributed by atoms with Gasteiger partial charge in [-0.05, 0) is 67.5 Å². The summed E-state index contributed by atoms with van der Waals surface area (Å²) in [5.74, 6) is 1.82. The van der Waals surface area contributed by atoms with Crippen LogP contribution in [0.5, 0.6) is 11.5 Å². The van der Waals surface area contributed by atoms with E-state index in [0.717, 1.165) is 31.2 Å². The van der Waals surface area contributed by atoms with Crippen molar-refractivity contribution in [1.82, 2.24) is 4.90 Å². The molecule has 2 aromatic carbocycles. The van der Waals surface area contributed by atoms with Crippen LogP contribution in [0.4, 0.5) is 0 Å². The smallest absolute Gasteiger partial charge is 0.118 e. The van der Waals surface area contributed by atoms with Gasteiger partial charge in [0.2, 0.25) is 0 Å². The molecule has 1 aliphatic carbocycles. The Morgan fingerprint density at radius 1 is 0.821 bits per heavy atom. The van der Waals surface area contributed by atoms with Crippen LogP contribution < -0.4 is 9.47 Å². The molecule has 0 amide bonds. The maximum absolute atomic E-state index is 5.93. The third kappa shape index (κ3) is 4.34. The monoisotopic (exact) mass is 381 g/mol. The lowest BCUT2D eigenvalue weighted by Crippen LogP contribution is -2.50. The molecule has 1 saturated carbocycles. The van der Waals surface area contributed by atoms with E-state index in [9.17, 15) is 0 Å². The molecule has 0 aromatic heterocycles. The molecule has 0 unspecified atom stereocenters. The molecule has 2 aliphatic rings. The molecule has 150 valence electrons. The molecule has 4 nitrogen and oxygen atoms in total. The molecule has 2 fully saturated rings. The van der Waals surface area contributed by atoms with E-state index in [-0.39, 0.29) is 5.60 Å². The van der Waals surface area contributed by atoms with E-state index >= 15 is 0 Å². The van der Waals surface area contributed by atoms with Crippen molar-refractivity contribution in [3.05, 3.63) is 59.7 Å². The van der Waals surface area contributed by atoms with Gasteiger partial charge in [0, 0.05) is 19.1 Å². The molecule has 1 spiro atoms. The van der Waals surface area contributed by atoms with Crippen LogP contribution in [0.25, 0.3) is 0 Å². The zero-order chi connectivity index (χ0) is 19.4. The third-order valence-corrected chi connectivity index (χ3v) is 6.44. The molecule has 4 rings (SSSR count). The van der Waals surface area contributed by atoms with Crippen LogP contribution in [0, 0.1) is 0 Å². The normalized spacial score (nSPS) is 24.2. The number of rotatable bonds is 7. The minimum Gasteiger partial charge on any atom is -0.497 e. The van der Waals surface area contributed by atoms with Crippen molar-refractivity contribution in [3.63, 3.8) is 0 Å². The molecule has 1 saturated heterocycles. The largest absolute Gasteiger partial charge is 0.497 e. The van der Waals surface area contributed by atoms with Crippen molar-refractivity contribution < 1.29 is 14.2 Å². The number of hydrogen-bond donors (Lipinski definition) is 0. The Balaban J connectivity index is 1.47. The van der Waals surface area contributed by atoms with E-state index in [2.05, 4.69) is 53.4 Å². The molecule has 1 aliphatic heterocycles. The lowest BCUT2D eigenvalue weighted by atomic mass is 9.77. The van der Waals surface area contributed by atoms with Gasteiger partial charge in [-0.2, -0.15) is 0 Å². The molecule has 0 bridgehead atoms. The molecular formula is C24H31NO3. The Hall–Kier alpha value is -2.04. The number of nitrogens with zero attached hydrogens (tertiary/aromatic N) is 1. The van der Waals surface area contributed by atoms with E-state index in [0.29, 0.717) is 6.04 Å². The molecule has 0 radical (unpaired) electrons. The van der Waals surface area contributed by atoms with Gasteiger partial charge in [-0.3, -0.25) is 4.90 Å². The van der Waals surface area contributed by atoms with E-state index in [1.54, 1.807) is 14.2 Å². The van der Waals surface area contributed by atoms with Crippen LogP contribution in [-0.2, 0) is 17.8 Å². The second-order valence-electron chi connectivity index (χ2n) is 8.11. The lowest BCUT2D eigenvalue weighted by molar-refractivity contribution is -0.172. The Bertz CT molecular complexity index is 693. The molecule has 4 heteroatoms. The highest BCUT2D eigenvalue weighted by atomic mass is 16.5. The minimum atomic E-state index is 0.211. The number of ether oxygens (including phenoxy) is 3. The summed E-state index contributed by atoms with van der Waals surface area (Å²) >= 11 is 0. The van der Waals surface area contributed by atoms with Gasteiger partial charge < -0.3 is 14.2 Å². The zero-order valence-electron chi connectivity index (χ0n) is 17.0. The summed E-state index contributed by atoms with van der Waals surface area (Å²) in [7, 11) is 3.43. The van der Waals surface area contributed by atoms with Crippen LogP contribution in [0.1, 0.15) is 43.2 Å². The quantitative estimate of drug-likeness (QED) is 0.689.